The highest BCUT2D eigenvalue weighted by Crippen LogP contribution is 2.35. The van der Waals surface area contributed by atoms with Crippen molar-refractivity contribution in [2.45, 2.75) is 32.7 Å². The Morgan fingerprint density at radius 3 is 2.39 bits per heavy atom. The molecule has 33 heavy (non-hydrogen) atoms. The second kappa shape index (κ2) is 9.78. The molecule has 0 heterocycles. The van der Waals surface area contributed by atoms with Crippen LogP contribution in [0.15, 0.2) is 84.9 Å². The fourth-order valence-corrected chi connectivity index (χ4v) is 4.29. The summed E-state index contributed by atoms with van der Waals surface area (Å²) in [5.74, 6) is 0.976. The van der Waals surface area contributed by atoms with Crippen LogP contribution >= 0.6 is 0 Å². The van der Waals surface area contributed by atoms with Crippen molar-refractivity contribution in [2.75, 3.05) is 6.61 Å². The third-order valence-corrected chi connectivity index (χ3v) is 5.91. The minimum Gasteiger partial charge on any atom is -0.508 e. The van der Waals surface area contributed by atoms with Crippen molar-refractivity contribution >= 4 is 16.7 Å². The Kier molecular flexibility index (Phi) is 6.64. The topological polar surface area (TPSA) is 58.6 Å². The van der Waals surface area contributed by atoms with Crippen molar-refractivity contribution in [3.63, 3.8) is 0 Å². The number of carbonyl (C=O) groups is 1. The molecule has 168 valence electrons. The van der Waals surface area contributed by atoms with Gasteiger partial charge >= 0.3 is 0 Å². The summed E-state index contributed by atoms with van der Waals surface area (Å²) in [6.45, 7) is 6.25. The number of fused-ring (bicyclic) bond motifs is 1. The summed E-state index contributed by atoms with van der Waals surface area (Å²) >= 11 is 0. The Morgan fingerprint density at radius 1 is 0.939 bits per heavy atom. The van der Waals surface area contributed by atoms with Crippen LogP contribution in [0.3, 0.4) is 0 Å². The first-order chi connectivity index (χ1) is 15.9. The van der Waals surface area contributed by atoms with Crippen LogP contribution in [0, 0.1) is 6.92 Å². The largest absolute Gasteiger partial charge is 0.508 e. The summed E-state index contributed by atoms with van der Waals surface area (Å²) in [5.41, 5.74) is 3.97. The summed E-state index contributed by atoms with van der Waals surface area (Å²) in [5, 5.41) is 15.7. The van der Waals surface area contributed by atoms with E-state index in [-0.39, 0.29) is 18.3 Å². The fraction of sp³-hybridized carbons (Fsp3) is 0.207. The average Bonchev–Trinajstić information content (AvgIpc) is 2.82. The van der Waals surface area contributed by atoms with Crippen molar-refractivity contribution in [1.29, 1.82) is 0 Å². The molecule has 4 aromatic carbocycles. The molecule has 2 N–H and O–H groups in total. The fourth-order valence-electron chi connectivity index (χ4n) is 4.29. The predicted molar refractivity (Wildman–Crippen MR) is 133 cm³/mol. The molecule has 0 aliphatic rings. The van der Waals surface area contributed by atoms with Crippen LogP contribution < -0.4 is 10.1 Å². The van der Waals surface area contributed by atoms with E-state index in [1.807, 2.05) is 78.9 Å². The van der Waals surface area contributed by atoms with Crippen molar-refractivity contribution in [3.05, 3.63) is 107 Å². The maximum absolute atomic E-state index is 13.0. The first-order valence-corrected chi connectivity index (χ1v) is 11.2. The van der Waals surface area contributed by atoms with E-state index in [4.69, 9.17) is 4.74 Å². The van der Waals surface area contributed by atoms with Gasteiger partial charge in [0, 0.05) is 5.56 Å². The number of hydrogen-bond donors (Lipinski definition) is 2. The van der Waals surface area contributed by atoms with Crippen LogP contribution in [0.5, 0.6) is 11.5 Å². The first kappa shape index (κ1) is 22.4. The standard InChI is InChI=1S/C29H29NO3/c1-19(2)24-15-14-23(17-20(24)3)33-18-27(32)30-29(22-10-5-4-6-11-22)28-25-12-8-7-9-21(25)13-16-26(28)31/h4-17,19,29,31H,18H2,1-3H3,(H,30,32). The van der Waals surface area contributed by atoms with Crippen molar-refractivity contribution in [1.82, 2.24) is 5.32 Å². The number of benzene rings is 4. The summed E-state index contributed by atoms with van der Waals surface area (Å²) in [6.07, 6.45) is 0. The number of phenols is 1. The highest BCUT2D eigenvalue weighted by Gasteiger charge is 2.22. The summed E-state index contributed by atoms with van der Waals surface area (Å²) in [4.78, 5) is 13.0. The van der Waals surface area contributed by atoms with Gasteiger partial charge in [-0.2, -0.15) is 0 Å². The lowest BCUT2D eigenvalue weighted by atomic mass is 9.92. The van der Waals surface area contributed by atoms with Gasteiger partial charge < -0.3 is 15.2 Å². The first-order valence-electron chi connectivity index (χ1n) is 11.2. The van der Waals surface area contributed by atoms with Crippen molar-refractivity contribution < 1.29 is 14.6 Å². The molecule has 0 spiro atoms. The molecule has 4 rings (SSSR count). The third kappa shape index (κ3) is 5.01. The molecule has 0 saturated heterocycles. The van der Waals surface area contributed by atoms with Crippen molar-refractivity contribution in [3.8, 4) is 11.5 Å². The molecule has 1 amide bonds. The Bertz CT molecular complexity index is 1260. The van der Waals surface area contributed by atoms with E-state index < -0.39 is 6.04 Å². The lowest BCUT2D eigenvalue weighted by Crippen LogP contribution is -2.33. The van der Waals surface area contributed by atoms with Gasteiger partial charge in [0.2, 0.25) is 0 Å². The molecule has 4 heteroatoms. The van der Waals surface area contributed by atoms with Gasteiger partial charge in [-0.1, -0.05) is 80.6 Å². The second-order valence-corrected chi connectivity index (χ2v) is 8.59. The maximum Gasteiger partial charge on any atom is 0.258 e. The number of aryl methyl sites for hydroxylation is 1. The molecule has 0 aromatic heterocycles. The van der Waals surface area contributed by atoms with Gasteiger partial charge in [0.05, 0.1) is 6.04 Å². The van der Waals surface area contributed by atoms with Gasteiger partial charge in [0.15, 0.2) is 6.61 Å². The van der Waals surface area contributed by atoms with E-state index in [9.17, 15) is 9.90 Å². The van der Waals surface area contributed by atoms with Crippen LogP contribution in [0.25, 0.3) is 10.8 Å². The number of phenolic OH excluding ortho intramolecular Hbond substituents is 1. The van der Waals surface area contributed by atoms with E-state index in [1.165, 1.54) is 5.56 Å². The van der Waals surface area contributed by atoms with Crippen molar-refractivity contribution in [2.24, 2.45) is 0 Å². The van der Waals surface area contributed by atoms with Gasteiger partial charge in [-0.3, -0.25) is 4.79 Å². The van der Waals surface area contributed by atoms with E-state index in [0.717, 1.165) is 21.9 Å². The average molecular weight is 440 g/mol. The molecular formula is C29H29NO3. The van der Waals surface area contributed by atoms with Gasteiger partial charge in [-0.05, 0) is 58.5 Å². The smallest absolute Gasteiger partial charge is 0.258 e. The lowest BCUT2D eigenvalue weighted by Gasteiger charge is -2.23. The van der Waals surface area contributed by atoms with E-state index in [2.05, 4.69) is 26.1 Å². The number of aromatic hydroxyl groups is 1. The van der Waals surface area contributed by atoms with Gasteiger partial charge in [0.25, 0.3) is 5.91 Å². The van der Waals surface area contributed by atoms with Gasteiger partial charge in [-0.25, -0.2) is 0 Å². The van der Waals surface area contributed by atoms with Crippen LogP contribution in [-0.2, 0) is 4.79 Å². The maximum atomic E-state index is 13.0. The summed E-state index contributed by atoms with van der Waals surface area (Å²) in [7, 11) is 0. The molecule has 4 nitrogen and oxygen atoms in total. The number of nitrogens with one attached hydrogen (secondary N) is 1. The highest BCUT2D eigenvalue weighted by atomic mass is 16.5. The lowest BCUT2D eigenvalue weighted by molar-refractivity contribution is -0.123. The van der Waals surface area contributed by atoms with Crippen LogP contribution in [-0.4, -0.2) is 17.6 Å². The van der Waals surface area contributed by atoms with E-state index >= 15 is 0 Å². The Balaban J connectivity index is 1.60. The Labute approximate surface area is 194 Å². The number of amides is 1. The molecular weight excluding hydrogens is 410 g/mol. The zero-order valence-electron chi connectivity index (χ0n) is 19.2. The van der Waals surface area contributed by atoms with Gasteiger partial charge in [0.1, 0.15) is 11.5 Å². The van der Waals surface area contributed by atoms with Crippen LogP contribution in [0.1, 0.15) is 48.1 Å². The molecule has 0 bridgehead atoms. The number of rotatable bonds is 7. The van der Waals surface area contributed by atoms with E-state index in [1.54, 1.807) is 6.07 Å². The molecule has 0 radical (unpaired) electrons. The molecule has 1 atom stereocenters. The monoisotopic (exact) mass is 439 g/mol. The third-order valence-electron chi connectivity index (χ3n) is 5.91. The summed E-state index contributed by atoms with van der Waals surface area (Å²) < 4.78 is 5.80. The van der Waals surface area contributed by atoms with Crippen LogP contribution in [0.4, 0.5) is 0 Å². The SMILES string of the molecule is Cc1cc(OCC(=O)NC(c2ccccc2)c2c(O)ccc3ccccc23)ccc1C(C)C. The number of ether oxygens (including phenoxy) is 1. The van der Waals surface area contributed by atoms with Gasteiger partial charge in [-0.15, -0.1) is 0 Å². The molecule has 0 saturated carbocycles. The second-order valence-electron chi connectivity index (χ2n) is 8.59. The highest BCUT2D eigenvalue weighted by molar-refractivity contribution is 5.89. The zero-order chi connectivity index (χ0) is 23.4. The number of carbonyl (C=O) groups excluding carboxylic acids is 1. The molecule has 1 unspecified atom stereocenters. The molecule has 4 aromatic rings. The Hall–Kier alpha value is -3.79. The van der Waals surface area contributed by atoms with E-state index in [0.29, 0.717) is 17.2 Å². The zero-order valence-corrected chi connectivity index (χ0v) is 19.2. The summed E-state index contributed by atoms with van der Waals surface area (Å²) in [6, 6.07) is 26.5. The normalized spacial score (nSPS) is 12.0. The number of hydrogen-bond acceptors (Lipinski definition) is 3. The molecule has 0 aliphatic carbocycles. The molecule has 0 aliphatic heterocycles. The predicted octanol–water partition coefficient (Wildman–Crippen LogP) is 6.26. The minimum absolute atomic E-state index is 0.116. The quantitative estimate of drug-likeness (QED) is 0.357. The Morgan fingerprint density at radius 2 is 1.67 bits per heavy atom. The molecule has 0 fully saturated rings. The van der Waals surface area contributed by atoms with Crippen LogP contribution in [0.2, 0.25) is 0 Å². The minimum atomic E-state index is -0.515.